The van der Waals surface area contributed by atoms with Crippen LogP contribution < -0.4 is 15.6 Å². The van der Waals surface area contributed by atoms with Gasteiger partial charge in [-0.1, -0.05) is 25.5 Å². The Morgan fingerprint density at radius 3 is 2.60 bits per heavy atom. The smallest absolute Gasteiger partial charge is 0.331 e. The first-order valence-electron chi connectivity index (χ1n) is 16.2. The van der Waals surface area contributed by atoms with Gasteiger partial charge in [0.25, 0.3) is 5.69 Å². The fraction of sp³-hybridized carbons (Fsp3) is 0.515. The molecular weight excluding hydrogens is 602 g/mol. The van der Waals surface area contributed by atoms with Crippen molar-refractivity contribution in [2.75, 3.05) is 23.4 Å². The molecule has 2 N–H and O–H groups in total. The minimum absolute atomic E-state index is 0.00142. The monoisotopic (exact) mass is 645 g/mol. The van der Waals surface area contributed by atoms with Crippen molar-refractivity contribution in [3.63, 3.8) is 0 Å². The standard InChI is InChI=1S/C33H43N9O5/c1-5-22-11-10-18-40(30(22)26-19-35-23-12-6-7-13-24(23)37-26)41(29-16-17-34-21-36-29)20-27(31(43)47-33(2,3)4)39-32(44)38-25-14-8-9-15-28(25)42(45)46/h8-9,14-17,19,21-22,27,30H,5-7,10-13,18,20H2,1-4H3,(H2,38,39,44). The van der Waals surface area contributed by atoms with E-state index >= 15 is 0 Å². The van der Waals surface area contributed by atoms with Gasteiger partial charge in [-0.05, 0) is 71.3 Å². The van der Waals surface area contributed by atoms with E-state index in [1.54, 1.807) is 39.1 Å². The minimum atomic E-state index is -1.19. The number of nitro groups is 1. The van der Waals surface area contributed by atoms with Crippen LogP contribution in [-0.2, 0) is 22.4 Å². The number of aromatic nitrogens is 4. The molecule has 2 aromatic heterocycles. The molecule has 1 fully saturated rings. The van der Waals surface area contributed by atoms with E-state index < -0.39 is 28.6 Å². The van der Waals surface area contributed by atoms with Gasteiger partial charge in [0.2, 0.25) is 0 Å². The molecule has 3 aromatic rings. The fourth-order valence-corrected chi connectivity index (χ4v) is 6.30. The number of carbonyl (C=O) groups is 2. The van der Waals surface area contributed by atoms with Crippen LogP contribution in [0.2, 0.25) is 0 Å². The van der Waals surface area contributed by atoms with Gasteiger partial charge in [0, 0.05) is 24.9 Å². The average Bonchev–Trinajstić information content (AvgIpc) is 3.05. The lowest BCUT2D eigenvalue weighted by molar-refractivity contribution is -0.383. The van der Waals surface area contributed by atoms with Crippen LogP contribution in [0, 0.1) is 16.0 Å². The van der Waals surface area contributed by atoms with Crippen molar-refractivity contribution in [3.8, 4) is 0 Å². The van der Waals surface area contributed by atoms with E-state index in [9.17, 15) is 19.7 Å². The Kier molecular flexibility index (Phi) is 10.6. The van der Waals surface area contributed by atoms with Crippen LogP contribution >= 0.6 is 0 Å². The van der Waals surface area contributed by atoms with Crippen molar-refractivity contribution in [3.05, 3.63) is 76.2 Å². The second-order valence-corrected chi connectivity index (χ2v) is 12.9. The molecule has 0 radical (unpaired) electrons. The van der Waals surface area contributed by atoms with Crippen LogP contribution in [-0.4, -0.2) is 66.6 Å². The average molecular weight is 646 g/mol. The maximum absolute atomic E-state index is 13.7. The molecule has 14 nitrogen and oxygen atoms in total. The van der Waals surface area contributed by atoms with Crippen molar-refractivity contribution in [1.29, 1.82) is 0 Å². The van der Waals surface area contributed by atoms with Crippen molar-refractivity contribution in [2.24, 2.45) is 5.92 Å². The molecule has 3 heterocycles. The summed E-state index contributed by atoms with van der Waals surface area (Å²) in [6.45, 7) is 8.02. The van der Waals surface area contributed by atoms with Crippen LogP contribution in [0.4, 0.5) is 22.0 Å². The number of piperidine rings is 1. The number of nitrogens with zero attached hydrogens (tertiary/aromatic N) is 7. The first-order valence-corrected chi connectivity index (χ1v) is 16.2. The maximum Gasteiger partial charge on any atom is 0.331 e. The summed E-state index contributed by atoms with van der Waals surface area (Å²) in [5.74, 6) is 0.115. The molecule has 2 aliphatic rings. The highest BCUT2D eigenvalue weighted by molar-refractivity contribution is 5.94. The molecule has 47 heavy (non-hydrogen) atoms. The SMILES string of the molecule is CCC1CCCN(N(CC(NC(=O)Nc2ccccc2[N+](=O)[O-])C(=O)OC(C)(C)C)c2ccncn2)C1c1cnc2c(n1)CCCC2. The van der Waals surface area contributed by atoms with E-state index in [1.807, 2.05) is 11.2 Å². The summed E-state index contributed by atoms with van der Waals surface area (Å²) < 4.78 is 5.76. The Morgan fingerprint density at radius 1 is 1.13 bits per heavy atom. The van der Waals surface area contributed by atoms with E-state index in [1.165, 1.54) is 24.5 Å². The number of anilines is 2. The first kappa shape index (κ1) is 33.6. The van der Waals surface area contributed by atoms with Gasteiger partial charge in [-0.2, -0.15) is 0 Å². The topological polar surface area (TPSA) is 169 Å². The quantitative estimate of drug-likeness (QED) is 0.169. The Balaban J connectivity index is 1.51. The molecule has 0 saturated carbocycles. The van der Waals surface area contributed by atoms with Gasteiger partial charge in [0.1, 0.15) is 29.5 Å². The third kappa shape index (κ3) is 8.36. The van der Waals surface area contributed by atoms with Gasteiger partial charge in [0.05, 0.1) is 40.8 Å². The molecule has 5 rings (SSSR count). The zero-order valence-electron chi connectivity index (χ0n) is 27.4. The number of ether oxygens (including phenoxy) is 1. The minimum Gasteiger partial charge on any atom is -0.458 e. The second-order valence-electron chi connectivity index (χ2n) is 12.9. The molecule has 2 amide bonds. The second kappa shape index (κ2) is 14.8. The van der Waals surface area contributed by atoms with Crippen molar-refractivity contribution in [2.45, 2.75) is 90.3 Å². The van der Waals surface area contributed by atoms with Crippen LogP contribution in [0.15, 0.2) is 49.1 Å². The number of esters is 1. The number of nitrogens with one attached hydrogen (secondary N) is 2. The number of para-hydroxylation sites is 2. The van der Waals surface area contributed by atoms with E-state index in [0.29, 0.717) is 12.4 Å². The van der Waals surface area contributed by atoms with Crippen LogP contribution in [0.25, 0.3) is 0 Å². The maximum atomic E-state index is 13.7. The summed E-state index contributed by atoms with van der Waals surface area (Å²) in [4.78, 5) is 56.7. The van der Waals surface area contributed by atoms with Gasteiger partial charge in [0.15, 0.2) is 0 Å². The lowest BCUT2D eigenvalue weighted by Gasteiger charge is -2.47. The molecule has 0 spiro atoms. The Morgan fingerprint density at radius 2 is 1.89 bits per heavy atom. The van der Waals surface area contributed by atoms with Crippen LogP contribution in [0.1, 0.15) is 82.9 Å². The van der Waals surface area contributed by atoms with E-state index in [-0.39, 0.29) is 29.9 Å². The molecular formula is C33H43N9O5. The number of hydrazine groups is 1. The van der Waals surface area contributed by atoms with Gasteiger partial charge in [-0.3, -0.25) is 25.1 Å². The highest BCUT2D eigenvalue weighted by Crippen LogP contribution is 2.39. The zero-order valence-corrected chi connectivity index (χ0v) is 27.4. The number of benzene rings is 1. The lowest BCUT2D eigenvalue weighted by Crippen LogP contribution is -2.58. The fourth-order valence-electron chi connectivity index (χ4n) is 6.30. The van der Waals surface area contributed by atoms with Crippen molar-refractivity contribution in [1.82, 2.24) is 30.3 Å². The number of aryl methyl sites for hydroxylation is 2. The number of hydrogen-bond donors (Lipinski definition) is 2. The highest BCUT2D eigenvalue weighted by Gasteiger charge is 2.40. The first-order chi connectivity index (χ1) is 22.5. The number of nitro benzene ring substituents is 1. The van der Waals surface area contributed by atoms with Gasteiger partial charge < -0.3 is 15.4 Å². The van der Waals surface area contributed by atoms with Crippen molar-refractivity contribution < 1.29 is 19.2 Å². The van der Waals surface area contributed by atoms with Gasteiger partial charge >= 0.3 is 12.0 Å². The molecule has 250 valence electrons. The number of fused-ring (bicyclic) bond motifs is 1. The number of hydrogen-bond acceptors (Lipinski definition) is 11. The third-order valence-corrected chi connectivity index (χ3v) is 8.43. The van der Waals surface area contributed by atoms with Crippen LogP contribution in [0.3, 0.4) is 0 Å². The molecule has 3 atom stereocenters. The van der Waals surface area contributed by atoms with E-state index in [2.05, 4.69) is 32.5 Å². The Hall–Kier alpha value is -4.72. The summed E-state index contributed by atoms with van der Waals surface area (Å²) in [5, 5.41) is 20.9. The van der Waals surface area contributed by atoms with Gasteiger partial charge in [-0.15, -0.1) is 0 Å². The summed E-state index contributed by atoms with van der Waals surface area (Å²) in [6.07, 6.45) is 11.8. The Bertz CT molecular complexity index is 1570. The Labute approximate surface area is 274 Å². The van der Waals surface area contributed by atoms with E-state index in [0.717, 1.165) is 62.0 Å². The largest absolute Gasteiger partial charge is 0.458 e. The third-order valence-electron chi connectivity index (χ3n) is 8.43. The molecule has 0 bridgehead atoms. The zero-order chi connectivity index (χ0) is 33.6. The predicted octanol–water partition coefficient (Wildman–Crippen LogP) is 5.17. The number of rotatable bonds is 10. The van der Waals surface area contributed by atoms with E-state index in [4.69, 9.17) is 14.7 Å². The molecule has 1 saturated heterocycles. The predicted molar refractivity (Wildman–Crippen MR) is 175 cm³/mol. The molecule has 1 aliphatic heterocycles. The highest BCUT2D eigenvalue weighted by atomic mass is 16.6. The normalized spacial score (nSPS) is 18.8. The molecule has 14 heteroatoms. The number of amides is 2. The summed E-state index contributed by atoms with van der Waals surface area (Å²) in [6, 6.07) is 5.42. The summed E-state index contributed by atoms with van der Waals surface area (Å²) in [7, 11) is 0. The molecule has 1 aromatic carbocycles. The summed E-state index contributed by atoms with van der Waals surface area (Å²) >= 11 is 0. The molecule has 1 aliphatic carbocycles. The lowest BCUT2D eigenvalue weighted by atomic mass is 9.86. The summed E-state index contributed by atoms with van der Waals surface area (Å²) in [5.41, 5.74) is 1.85. The van der Waals surface area contributed by atoms with Crippen molar-refractivity contribution >= 4 is 29.2 Å². The van der Waals surface area contributed by atoms with Crippen LogP contribution in [0.5, 0.6) is 0 Å². The number of urea groups is 1. The number of carbonyl (C=O) groups excluding carboxylic acids is 2. The molecule has 3 unspecified atom stereocenters. The van der Waals surface area contributed by atoms with Gasteiger partial charge in [-0.25, -0.2) is 24.6 Å².